The number of para-hydroxylation sites is 1. The fraction of sp³-hybridized carbons (Fsp3) is 0.167. The third-order valence-corrected chi connectivity index (χ3v) is 5.70. The summed E-state index contributed by atoms with van der Waals surface area (Å²) in [6.07, 6.45) is 1.17. The maximum Gasteiger partial charge on any atom is 0.187 e. The molecule has 4 nitrogen and oxygen atoms in total. The van der Waals surface area contributed by atoms with Crippen LogP contribution < -0.4 is 0 Å². The number of aliphatic hydroxyl groups excluding tert-OH is 1. The van der Waals surface area contributed by atoms with Gasteiger partial charge in [-0.25, -0.2) is 0 Å². The molecule has 1 aromatic heterocycles. The standard InChI is InChI=1S/C25H18NO.C5H8O2.Ir/c1-14-11-15(2)13-17(12-14)24-23-22(18-8-4-5-10-20(18)26-24)19-9-6-7-16(3)21(19)25(23)27;1-4(6)3-5(2)7;/h4-12H,1-3H3;3,6H,1-2H3;/q-1;;/b;4-3-;. The first kappa shape index (κ1) is 26.2. The first-order chi connectivity index (χ1) is 16.2. The van der Waals surface area contributed by atoms with Crippen molar-refractivity contribution in [2.75, 3.05) is 0 Å². The normalized spacial score (nSPS) is 11.8. The smallest absolute Gasteiger partial charge is 0.187 e. The van der Waals surface area contributed by atoms with Crippen LogP contribution in [0.3, 0.4) is 0 Å². The van der Waals surface area contributed by atoms with Crippen LogP contribution in [0.4, 0.5) is 0 Å². The second-order valence-electron chi connectivity index (χ2n) is 8.70. The monoisotopic (exact) mass is 641 g/mol. The predicted molar refractivity (Wildman–Crippen MR) is 136 cm³/mol. The minimum absolute atomic E-state index is 0. The maximum absolute atomic E-state index is 13.5. The summed E-state index contributed by atoms with van der Waals surface area (Å²) in [5.41, 5.74) is 9.25. The molecule has 1 heterocycles. The number of benzene rings is 3. The molecule has 179 valence electrons. The van der Waals surface area contributed by atoms with Gasteiger partial charge < -0.3 is 5.11 Å². The predicted octanol–water partition coefficient (Wildman–Crippen LogP) is 6.87. The molecule has 0 unspecified atom stereocenters. The van der Waals surface area contributed by atoms with E-state index in [1.165, 1.54) is 19.9 Å². The Labute approximate surface area is 219 Å². The van der Waals surface area contributed by atoms with E-state index in [-0.39, 0.29) is 37.4 Å². The van der Waals surface area contributed by atoms with Crippen LogP contribution in [0.2, 0.25) is 0 Å². The van der Waals surface area contributed by atoms with Gasteiger partial charge in [-0.1, -0.05) is 50.2 Å². The van der Waals surface area contributed by atoms with Crippen LogP contribution in [0.15, 0.2) is 66.4 Å². The van der Waals surface area contributed by atoms with E-state index in [2.05, 4.69) is 31.2 Å². The van der Waals surface area contributed by atoms with E-state index in [1.54, 1.807) is 0 Å². The SMILES string of the molecule is CC(=O)/C=C(/C)O.Cc1[c-]c(-c2nc3ccccc3c3c2C(=O)c2c(C)cccc2-3)cc(C)c1.[Ir]. The summed E-state index contributed by atoms with van der Waals surface area (Å²) < 4.78 is 0. The Balaban J connectivity index is 0.000000378. The summed E-state index contributed by atoms with van der Waals surface area (Å²) in [7, 11) is 0. The number of hydrogen-bond donors (Lipinski definition) is 1. The minimum Gasteiger partial charge on any atom is -0.512 e. The van der Waals surface area contributed by atoms with Crippen molar-refractivity contribution in [2.45, 2.75) is 34.6 Å². The molecule has 0 aliphatic heterocycles. The molecule has 1 radical (unpaired) electrons. The number of carbonyl (C=O) groups excluding carboxylic acids is 2. The number of allylic oxidation sites excluding steroid dienone is 2. The van der Waals surface area contributed by atoms with Gasteiger partial charge in [-0.15, -0.1) is 34.9 Å². The second-order valence-corrected chi connectivity index (χ2v) is 8.70. The van der Waals surface area contributed by atoms with Crippen LogP contribution >= 0.6 is 0 Å². The molecule has 1 aliphatic carbocycles. The number of hydrogen-bond acceptors (Lipinski definition) is 4. The van der Waals surface area contributed by atoms with E-state index >= 15 is 0 Å². The van der Waals surface area contributed by atoms with Crippen molar-refractivity contribution >= 4 is 22.5 Å². The third-order valence-electron chi connectivity index (χ3n) is 5.70. The van der Waals surface area contributed by atoms with Gasteiger partial charge in [0.1, 0.15) is 0 Å². The minimum atomic E-state index is -0.125. The molecule has 1 N–H and O–H groups in total. The zero-order valence-electron chi connectivity index (χ0n) is 20.3. The van der Waals surface area contributed by atoms with Crippen molar-refractivity contribution in [1.29, 1.82) is 0 Å². The molecule has 1 aliphatic rings. The molecule has 5 heteroatoms. The van der Waals surface area contributed by atoms with Gasteiger partial charge in [0.25, 0.3) is 0 Å². The first-order valence-electron chi connectivity index (χ1n) is 11.1. The average Bonchev–Trinajstić information content (AvgIpc) is 3.06. The number of pyridine rings is 1. The Hall–Kier alpha value is -3.40. The van der Waals surface area contributed by atoms with Crippen molar-refractivity contribution in [3.05, 3.63) is 100 Å². The van der Waals surface area contributed by atoms with E-state index in [0.717, 1.165) is 55.5 Å². The van der Waals surface area contributed by atoms with Crippen molar-refractivity contribution in [1.82, 2.24) is 4.98 Å². The Morgan fingerprint density at radius 2 is 1.66 bits per heavy atom. The van der Waals surface area contributed by atoms with E-state index < -0.39 is 0 Å². The van der Waals surface area contributed by atoms with E-state index in [9.17, 15) is 9.59 Å². The quantitative estimate of drug-likeness (QED) is 0.130. The number of aromatic nitrogens is 1. The van der Waals surface area contributed by atoms with Crippen molar-refractivity contribution < 1.29 is 34.8 Å². The summed E-state index contributed by atoms with van der Waals surface area (Å²) in [6.45, 7) is 8.94. The molecule has 0 spiro atoms. The topological polar surface area (TPSA) is 67.3 Å². The number of aryl methyl sites for hydroxylation is 3. The van der Waals surface area contributed by atoms with Crippen molar-refractivity contribution in [3.8, 4) is 22.4 Å². The van der Waals surface area contributed by atoms with Gasteiger partial charge in [-0.2, -0.15) is 0 Å². The Morgan fingerprint density at radius 3 is 2.29 bits per heavy atom. The molecule has 35 heavy (non-hydrogen) atoms. The molecule has 0 bridgehead atoms. The molecule has 5 rings (SSSR count). The molecular formula is C30H26IrNO3-. The Bertz CT molecular complexity index is 1480. The number of carbonyl (C=O) groups is 2. The van der Waals surface area contributed by atoms with Gasteiger partial charge in [0, 0.05) is 48.4 Å². The summed E-state index contributed by atoms with van der Waals surface area (Å²) in [5, 5.41) is 9.39. The number of rotatable bonds is 2. The van der Waals surface area contributed by atoms with Gasteiger partial charge in [-0.3, -0.25) is 14.6 Å². The summed E-state index contributed by atoms with van der Waals surface area (Å²) in [6, 6.07) is 21.7. The third kappa shape index (κ3) is 5.17. The zero-order valence-corrected chi connectivity index (χ0v) is 22.7. The summed E-state index contributed by atoms with van der Waals surface area (Å²) in [4.78, 5) is 28.4. The molecule has 0 saturated carbocycles. The van der Waals surface area contributed by atoms with E-state index in [4.69, 9.17) is 10.1 Å². The van der Waals surface area contributed by atoms with Crippen LogP contribution in [-0.4, -0.2) is 21.7 Å². The molecular weight excluding hydrogens is 615 g/mol. The van der Waals surface area contributed by atoms with Crippen LogP contribution in [0.1, 0.15) is 46.5 Å². The van der Waals surface area contributed by atoms with Crippen molar-refractivity contribution in [3.63, 3.8) is 0 Å². The molecule has 3 aromatic carbocycles. The van der Waals surface area contributed by atoms with E-state index in [0.29, 0.717) is 5.56 Å². The van der Waals surface area contributed by atoms with Gasteiger partial charge >= 0.3 is 0 Å². The van der Waals surface area contributed by atoms with Crippen molar-refractivity contribution in [2.24, 2.45) is 0 Å². The van der Waals surface area contributed by atoms with Crippen LogP contribution in [-0.2, 0) is 24.9 Å². The van der Waals surface area contributed by atoms with Crippen LogP contribution in [0.25, 0.3) is 33.3 Å². The van der Waals surface area contributed by atoms with Crippen LogP contribution in [0.5, 0.6) is 0 Å². The van der Waals surface area contributed by atoms with Gasteiger partial charge in [0.2, 0.25) is 0 Å². The van der Waals surface area contributed by atoms with Gasteiger partial charge in [0.15, 0.2) is 11.6 Å². The number of fused-ring (bicyclic) bond motifs is 5. The average molecular weight is 641 g/mol. The Morgan fingerprint density at radius 1 is 0.943 bits per heavy atom. The van der Waals surface area contributed by atoms with E-state index in [1.807, 2.05) is 50.2 Å². The fourth-order valence-electron chi connectivity index (χ4n) is 4.53. The summed E-state index contributed by atoms with van der Waals surface area (Å²) in [5.74, 6) is 0.00594. The van der Waals surface area contributed by atoms with Crippen LogP contribution in [0, 0.1) is 26.8 Å². The number of nitrogens with zero attached hydrogens (tertiary/aromatic N) is 1. The van der Waals surface area contributed by atoms with Gasteiger partial charge in [0.05, 0.1) is 11.3 Å². The van der Waals surface area contributed by atoms with Gasteiger partial charge in [-0.05, 0) is 43.5 Å². The number of aliphatic hydroxyl groups is 1. The molecule has 0 atom stereocenters. The first-order valence-corrected chi connectivity index (χ1v) is 11.1. The molecule has 4 aromatic rings. The molecule has 0 saturated heterocycles. The zero-order chi connectivity index (χ0) is 24.6. The summed E-state index contributed by atoms with van der Waals surface area (Å²) >= 11 is 0. The number of ketones is 2. The molecule has 0 amide bonds. The fourth-order valence-corrected chi connectivity index (χ4v) is 4.53. The maximum atomic E-state index is 13.5. The molecule has 0 fully saturated rings. The Kier molecular flexibility index (Phi) is 7.84. The largest absolute Gasteiger partial charge is 0.512 e. The second kappa shape index (κ2) is 10.5.